The number of halogens is 1. The van der Waals surface area contributed by atoms with Crippen LogP contribution in [-0.2, 0) is 0 Å². The number of hydrogen-bond acceptors (Lipinski definition) is 6. The van der Waals surface area contributed by atoms with Crippen LogP contribution in [0.5, 0.6) is 17.2 Å². The first kappa shape index (κ1) is 24.9. The van der Waals surface area contributed by atoms with Gasteiger partial charge in [-0.1, -0.05) is 12.1 Å². The summed E-state index contributed by atoms with van der Waals surface area (Å²) in [5.74, 6) is 0.885. The van der Waals surface area contributed by atoms with Gasteiger partial charge in [0.1, 0.15) is 17.3 Å². The van der Waals surface area contributed by atoms with E-state index < -0.39 is 5.82 Å². The Morgan fingerprint density at radius 2 is 1.82 bits per heavy atom. The minimum atomic E-state index is -0.392. The third kappa shape index (κ3) is 4.19. The van der Waals surface area contributed by atoms with Crippen LogP contribution in [0.2, 0.25) is 0 Å². The monoisotopic (exact) mass is 539 g/mol. The average molecular weight is 540 g/mol. The van der Waals surface area contributed by atoms with Gasteiger partial charge in [-0.25, -0.2) is 4.39 Å². The fourth-order valence-electron chi connectivity index (χ4n) is 5.44. The second-order valence-corrected chi connectivity index (χ2v) is 11.2. The quantitative estimate of drug-likeness (QED) is 0.257. The molecule has 0 radical (unpaired) electrons. The summed E-state index contributed by atoms with van der Waals surface area (Å²) < 4.78 is 25.6. The number of fused-ring (bicyclic) bond motifs is 5. The van der Waals surface area contributed by atoms with Crippen molar-refractivity contribution in [1.82, 2.24) is 0 Å². The SMILES string of the molecule is COc1c(O)ccc2c1-c1ccc3c(c1C(=Cc1sccc1C(=O)c1ccc(F)cc1)O2)C(C)=CC(C)(C)N3. The molecule has 39 heavy (non-hydrogen) atoms. The van der Waals surface area contributed by atoms with Gasteiger partial charge in [0.2, 0.25) is 0 Å². The molecule has 0 saturated carbocycles. The maximum Gasteiger partial charge on any atom is 0.194 e. The van der Waals surface area contributed by atoms with Crippen LogP contribution in [-0.4, -0.2) is 23.5 Å². The maximum atomic E-state index is 13.5. The number of ketones is 1. The van der Waals surface area contributed by atoms with E-state index in [0.29, 0.717) is 33.9 Å². The van der Waals surface area contributed by atoms with Gasteiger partial charge in [-0.3, -0.25) is 4.79 Å². The molecule has 2 aliphatic rings. The summed E-state index contributed by atoms with van der Waals surface area (Å²) in [7, 11) is 1.52. The van der Waals surface area contributed by atoms with Crippen LogP contribution in [0.25, 0.3) is 28.5 Å². The van der Waals surface area contributed by atoms with E-state index in [0.717, 1.165) is 32.8 Å². The first-order valence-electron chi connectivity index (χ1n) is 12.5. The second-order valence-electron chi connectivity index (χ2n) is 10.2. The smallest absolute Gasteiger partial charge is 0.194 e. The normalized spacial score (nSPS) is 15.8. The second kappa shape index (κ2) is 9.13. The number of allylic oxidation sites excluding steroid dienone is 1. The van der Waals surface area contributed by atoms with E-state index in [1.807, 2.05) is 23.6 Å². The van der Waals surface area contributed by atoms with Crippen molar-refractivity contribution in [2.45, 2.75) is 26.3 Å². The molecule has 3 aromatic carbocycles. The largest absolute Gasteiger partial charge is 0.504 e. The summed E-state index contributed by atoms with van der Waals surface area (Å²) >= 11 is 1.43. The van der Waals surface area contributed by atoms with E-state index in [1.165, 1.54) is 42.7 Å². The summed E-state index contributed by atoms with van der Waals surface area (Å²) in [4.78, 5) is 14.1. The van der Waals surface area contributed by atoms with Crippen molar-refractivity contribution in [2.75, 3.05) is 12.4 Å². The van der Waals surface area contributed by atoms with Crippen LogP contribution >= 0.6 is 11.3 Å². The zero-order chi connectivity index (χ0) is 27.5. The topological polar surface area (TPSA) is 67.8 Å². The molecule has 2 N–H and O–H groups in total. The van der Waals surface area contributed by atoms with Gasteiger partial charge in [0.25, 0.3) is 0 Å². The highest BCUT2D eigenvalue weighted by Gasteiger charge is 2.33. The van der Waals surface area contributed by atoms with Gasteiger partial charge in [-0.05, 0) is 86.3 Å². The van der Waals surface area contributed by atoms with Gasteiger partial charge in [-0.15, -0.1) is 11.3 Å². The number of methoxy groups -OCH3 is 1. The lowest BCUT2D eigenvalue weighted by molar-refractivity contribution is 0.103. The van der Waals surface area contributed by atoms with Gasteiger partial charge >= 0.3 is 0 Å². The van der Waals surface area contributed by atoms with Crippen molar-refractivity contribution in [3.8, 4) is 28.4 Å². The van der Waals surface area contributed by atoms with Crippen molar-refractivity contribution in [1.29, 1.82) is 0 Å². The van der Waals surface area contributed by atoms with Crippen LogP contribution in [0.1, 0.15) is 52.7 Å². The molecule has 6 rings (SSSR count). The Labute approximate surface area is 229 Å². The number of phenolic OH excluding ortho intramolecular Hbond substituents is 1. The predicted octanol–water partition coefficient (Wildman–Crippen LogP) is 8.00. The lowest BCUT2D eigenvalue weighted by atomic mass is 9.83. The first-order valence-corrected chi connectivity index (χ1v) is 13.4. The highest BCUT2D eigenvalue weighted by molar-refractivity contribution is 7.11. The highest BCUT2D eigenvalue weighted by atomic mass is 32.1. The summed E-state index contributed by atoms with van der Waals surface area (Å²) in [5.41, 5.74) is 6.07. The Morgan fingerprint density at radius 1 is 1.05 bits per heavy atom. The number of ether oxygens (including phenoxy) is 2. The van der Waals surface area contributed by atoms with E-state index in [2.05, 4.69) is 32.2 Å². The zero-order valence-electron chi connectivity index (χ0n) is 21.9. The summed E-state index contributed by atoms with van der Waals surface area (Å²) in [6.07, 6.45) is 4.06. The van der Waals surface area contributed by atoms with Crippen LogP contribution in [0, 0.1) is 5.82 Å². The predicted molar refractivity (Wildman–Crippen MR) is 154 cm³/mol. The summed E-state index contributed by atoms with van der Waals surface area (Å²) in [5, 5.41) is 16.0. The van der Waals surface area contributed by atoms with Crippen molar-refractivity contribution >= 4 is 40.2 Å². The molecule has 4 aromatic rings. The molecular weight excluding hydrogens is 513 g/mol. The molecule has 0 spiro atoms. The summed E-state index contributed by atoms with van der Waals surface area (Å²) in [6, 6.07) is 14.6. The third-order valence-corrected chi connectivity index (χ3v) is 7.84. The Balaban J connectivity index is 1.57. The summed E-state index contributed by atoms with van der Waals surface area (Å²) in [6.45, 7) is 6.30. The molecule has 0 aliphatic carbocycles. The fourth-order valence-corrected chi connectivity index (χ4v) is 6.26. The molecule has 0 amide bonds. The van der Waals surface area contributed by atoms with Crippen LogP contribution in [0.3, 0.4) is 0 Å². The fraction of sp³-hybridized carbons (Fsp3) is 0.156. The van der Waals surface area contributed by atoms with E-state index in [1.54, 1.807) is 18.2 Å². The number of thiophene rings is 1. The van der Waals surface area contributed by atoms with Gasteiger partial charge in [0.15, 0.2) is 17.3 Å². The molecule has 1 aromatic heterocycles. The molecule has 0 fully saturated rings. The maximum absolute atomic E-state index is 13.5. The van der Waals surface area contributed by atoms with Crippen molar-refractivity contribution in [3.05, 3.63) is 99.0 Å². The minimum Gasteiger partial charge on any atom is -0.504 e. The number of carbonyl (C=O) groups excluding carboxylic acids is 1. The number of aromatic hydroxyl groups is 1. The molecular formula is C32H26FNO4S. The van der Waals surface area contributed by atoms with Crippen LogP contribution in [0.15, 0.2) is 66.1 Å². The van der Waals surface area contributed by atoms with Gasteiger partial charge < -0.3 is 19.9 Å². The molecule has 0 atom stereocenters. The van der Waals surface area contributed by atoms with Crippen molar-refractivity contribution in [3.63, 3.8) is 0 Å². The number of hydrogen-bond donors (Lipinski definition) is 2. The number of carbonyl (C=O) groups is 1. The Hall–Kier alpha value is -4.36. The van der Waals surface area contributed by atoms with Crippen molar-refractivity contribution in [2.24, 2.45) is 0 Å². The Bertz CT molecular complexity index is 1710. The average Bonchev–Trinajstić information content (AvgIpc) is 3.36. The molecule has 5 nitrogen and oxygen atoms in total. The number of benzene rings is 3. The first-order chi connectivity index (χ1) is 18.7. The van der Waals surface area contributed by atoms with Gasteiger partial charge in [0, 0.05) is 38.4 Å². The Kier molecular flexibility index (Phi) is 5.84. The van der Waals surface area contributed by atoms with Crippen molar-refractivity contribution < 1.29 is 23.8 Å². The molecule has 196 valence electrons. The van der Waals surface area contributed by atoms with Gasteiger partial charge in [0.05, 0.1) is 18.2 Å². The standard InChI is InChI=1S/C32H26FNO4S/c1-17-16-32(2,3)34-22-10-9-21-28(27(17)22)25(38-24-12-11-23(35)31(37-4)29(21)24)15-26-20(13-14-39-26)30(36)18-5-7-19(33)8-6-18/h5-16,34-35H,1-4H3. The zero-order valence-corrected chi connectivity index (χ0v) is 22.7. The lowest BCUT2D eigenvalue weighted by Crippen LogP contribution is -2.32. The number of nitrogens with one attached hydrogen (secondary N) is 1. The van der Waals surface area contributed by atoms with E-state index in [9.17, 15) is 14.3 Å². The number of phenols is 1. The highest BCUT2D eigenvalue weighted by Crippen LogP contribution is 2.54. The molecule has 7 heteroatoms. The van der Waals surface area contributed by atoms with Crippen LogP contribution < -0.4 is 14.8 Å². The van der Waals surface area contributed by atoms with E-state index in [-0.39, 0.29) is 17.1 Å². The number of rotatable bonds is 4. The minimum absolute atomic E-state index is 0.0212. The van der Waals surface area contributed by atoms with Gasteiger partial charge in [-0.2, -0.15) is 0 Å². The number of anilines is 1. The molecule has 0 saturated heterocycles. The molecule has 0 bridgehead atoms. The van der Waals surface area contributed by atoms with E-state index in [4.69, 9.17) is 9.47 Å². The third-order valence-electron chi connectivity index (χ3n) is 6.98. The van der Waals surface area contributed by atoms with E-state index >= 15 is 0 Å². The molecule has 2 aliphatic heterocycles. The molecule has 3 heterocycles. The van der Waals surface area contributed by atoms with Crippen LogP contribution in [0.4, 0.5) is 10.1 Å². The lowest BCUT2D eigenvalue weighted by Gasteiger charge is -2.35. The Morgan fingerprint density at radius 3 is 2.56 bits per heavy atom. The molecule has 0 unspecified atom stereocenters.